The van der Waals surface area contributed by atoms with Gasteiger partial charge in [-0.1, -0.05) is 0 Å². The summed E-state index contributed by atoms with van der Waals surface area (Å²) in [5, 5.41) is 17.9. The fourth-order valence-electron chi connectivity index (χ4n) is 0.801. The summed E-state index contributed by atoms with van der Waals surface area (Å²) in [6.45, 7) is 3.62. The smallest absolute Gasteiger partial charge is 0.119 e. The summed E-state index contributed by atoms with van der Waals surface area (Å²) < 4.78 is 0. The fraction of sp³-hybridized carbons (Fsp3) is 0.125. The molecule has 0 spiro atoms. The van der Waals surface area contributed by atoms with E-state index in [9.17, 15) is 0 Å². The summed E-state index contributed by atoms with van der Waals surface area (Å²) in [5.41, 5.74) is 0.831. The van der Waals surface area contributed by atoms with Crippen molar-refractivity contribution in [3.05, 3.63) is 30.7 Å². The third-order valence-electron chi connectivity index (χ3n) is 1.25. The highest BCUT2D eigenvalue weighted by Crippen LogP contribution is 2.20. The first-order valence-corrected chi connectivity index (χ1v) is 3.03. The van der Waals surface area contributed by atoms with E-state index in [-0.39, 0.29) is 11.5 Å². The Balaban J connectivity index is 3.06. The first-order chi connectivity index (χ1) is 4.72. The van der Waals surface area contributed by atoms with Crippen molar-refractivity contribution in [3.8, 4) is 11.5 Å². The van der Waals surface area contributed by atoms with Gasteiger partial charge in [0.15, 0.2) is 0 Å². The molecule has 1 aromatic rings. The molecule has 0 fully saturated rings. The molecule has 0 atom stereocenters. The zero-order valence-corrected chi connectivity index (χ0v) is 5.54. The molecule has 53 valence electrons. The Bertz CT molecular complexity index is 210. The quantitative estimate of drug-likeness (QED) is 0.615. The number of hydrogen-bond acceptors (Lipinski definition) is 2. The minimum absolute atomic E-state index is 0.0821. The van der Waals surface area contributed by atoms with E-state index in [2.05, 4.69) is 6.92 Å². The van der Waals surface area contributed by atoms with Crippen LogP contribution in [0.4, 0.5) is 0 Å². The summed E-state index contributed by atoms with van der Waals surface area (Å²) in [5.74, 6) is 0.164. The van der Waals surface area contributed by atoms with Crippen molar-refractivity contribution in [3.63, 3.8) is 0 Å². The topological polar surface area (TPSA) is 40.5 Å². The van der Waals surface area contributed by atoms with Crippen LogP contribution in [0, 0.1) is 6.92 Å². The molecule has 0 saturated carbocycles. The third-order valence-corrected chi connectivity index (χ3v) is 1.25. The second-order valence-corrected chi connectivity index (χ2v) is 2.11. The Morgan fingerprint density at radius 2 is 1.60 bits per heavy atom. The summed E-state index contributed by atoms with van der Waals surface area (Å²) in [6, 6.07) is 4.44. The van der Waals surface area contributed by atoms with Gasteiger partial charge in [0.05, 0.1) is 0 Å². The van der Waals surface area contributed by atoms with E-state index in [1.807, 2.05) is 0 Å². The van der Waals surface area contributed by atoms with Crippen LogP contribution >= 0.6 is 0 Å². The lowest BCUT2D eigenvalue weighted by Crippen LogP contribution is -1.78. The number of rotatable bonds is 1. The monoisotopic (exact) mass is 137 g/mol. The van der Waals surface area contributed by atoms with Crippen LogP contribution in [0.2, 0.25) is 0 Å². The average Bonchev–Trinajstić information content (AvgIpc) is 1.85. The molecule has 1 radical (unpaired) electrons. The normalized spacial score (nSPS) is 9.70. The summed E-state index contributed by atoms with van der Waals surface area (Å²) >= 11 is 0. The minimum Gasteiger partial charge on any atom is -0.508 e. The maximum Gasteiger partial charge on any atom is 0.119 e. The van der Waals surface area contributed by atoms with Crippen molar-refractivity contribution in [1.29, 1.82) is 0 Å². The van der Waals surface area contributed by atoms with Gasteiger partial charge in [-0.3, -0.25) is 0 Å². The van der Waals surface area contributed by atoms with Crippen LogP contribution in [-0.2, 0) is 6.42 Å². The lowest BCUT2D eigenvalue weighted by atomic mass is 10.1. The van der Waals surface area contributed by atoms with Gasteiger partial charge >= 0.3 is 0 Å². The molecule has 1 rings (SSSR count). The van der Waals surface area contributed by atoms with Crippen LogP contribution in [0.15, 0.2) is 18.2 Å². The molecular weight excluding hydrogens is 128 g/mol. The number of phenols is 2. The van der Waals surface area contributed by atoms with Crippen molar-refractivity contribution >= 4 is 0 Å². The van der Waals surface area contributed by atoms with Gasteiger partial charge in [0, 0.05) is 6.07 Å². The Kier molecular flexibility index (Phi) is 1.81. The van der Waals surface area contributed by atoms with E-state index in [4.69, 9.17) is 10.2 Å². The van der Waals surface area contributed by atoms with Crippen molar-refractivity contribution < 1.29 is 10.2 Å². The molecule has 2 nitrogen and oxygen atoms in total. The Hall–Kier alpha value is -1.18. The first-order valence-electron chi connectivity index (χ1n) is 3.03. The van der Waals surface area contributed by atoms with Gasteiger partial charge in [-0.25, -0.2) is 0 Å². The third kappa shape index (κ3) is 1.41. The number of phenolic OH excluding ortho intramolecular Hbond substituents is 2. The molecule has 0 amide bonds. The SMILES string of the molecule is [CH2]Cc1cc(O)cc(O)c1. The van der Waals surface area contributed by atoms with E-state index in [0.29, 0.717) is 6.42 Å². The Morgan fingerprint density at radius 3 is 2.00 bits per heavy atom. The predicted octanol–water partition coefficient (Wildman–Crippen LogP) is 1.47. The van der Waals surface area contributed by atoms with Gasteiger partial charge in [-0.2, -0.15) is 0 Å². The molecular formula is C8H9O2. The Labute approximate surface area is 59.7 Å². The van der Waals surface area contributed by atoms with Gasteiger partial charge < -0.3 is 10.2 Å². The van der Waals surface area contributed by atoms with Gasteiger partial charge in [0.25, 0.3) is 0 Å². The zero-order chi connectivity index (χ0) is 7.56. The van der Waals surface area contributed by atoms with Crippen LogP contribution < -0.4 is 0 Å². The predicted molar refractivity (Wildman–Crippen MR) is 38.8 cm³/mol. The molecule has 0 aliphatic rings. The summed E-state index contributed by atoms with van der Waals surface area (Å²) in [4.78, 5) is 0. The van der Waals surface area contributed by atoms with Crippen LogP contribution in [0.3, 0.4) is 0 Å². The van der Waals surface area contributed by atoms with Gasteiger partial charge in [0.2, 0.25) is 0 Å². The molecule has 10 heavy (non-hydrogen) atoms. The molecule has 2 heteroatoms. The van der Waals surface area contributed by atoms with Gasteiger partial charge in [-0.05, 0) is 31.0 Å². The lowest BCUT2D eigenvalue weighted by molar-refractivity contribution is 0.449. The van der Waals surface area contributed by atoms with Crippen molar-refractivity contribution in [2.45, 2.75) is 6.42 Å². The van der Waals surface area contributed by atoms with Gasteiger partial charge in [-0.15, -0.1) is 0 Å². The maximum absolute atomic E-state index is 8.94. The average molecular weight is 137 g/mol. The van der Waals surface area contributed by atoms with Crippen LogP contribution in [0.25, 0.3) is 0 Å². The second kappa shape index (κ2) is 2.60. The van der Waals surface area contributed by atoms with Crippen molar-refractivity contribution in [1.82, 2.24) is 0 Å². The second-order valence-electron chi connectivity index (χ2n) is 2.11. The molecule has 0 unspecified atom stereocenters. The van der Waals surface area contributed by atoms with E-state index in [1.165, 1.54) is 6.07 Å². The van der Waals surface area contributed by atoms with Gasteiger partial charge in [0.1, 0.15) is 11.5 Å². The number of benzene rings is 1. The van der Waals surface area contributed by atoms with E-state index in [1.54, 1.807) is 12.1 Å². The Morgan fingerprint density at radius 1 is 1.10 bits per heavy atom. The van der Waals surface area contributed by atoms with Crippen LogP contribution in [-0.4, -0.2) is 10.2 Å². The van der Waals surface area contributed by atoms with E-state index in [0.717, 1.165) is 5.56 Å². The zero-order valence-electron chi connectivity index (χ0n) is 5.54. The summed E-state index contributed by atoms with van der Waals surface area (Å²) in [6.07, 6.45) is 0.571. The first kappa shape index (κ1) is 6.93. The minimum atomic E-state index is 0.0821. The molecule has 0 heterocycles. The highest BCUT2D eigenvalue weighted by atomic mass is 16.3. The van der Waals surface area contributed by atoms with Crippen LogP contribution in [0.1, 0.15) is 5.56 Å². The molecule has 0 bridgehead atoms. The van der Waals surface area contributed by atoms with E-state index < -0.39 is 0 Å². The fourth-order valence-corrected chi connectivity index (χ4v) is 0.801. The maximum atomic E-state index is 8.94. The standard InChI is InChI=1S/C8H9O2/c1-2-6-3-7(9)5-8(10)4-6/h3-5,9-10H,1-2H2. The largest absolute Gasteiger partial charge is 0.508 e. The molecule has 0 aromatic heterocycles. The van der Waals surface area contributed by atoms with Crippen LogP contribution in [0.5, 0.6) is 11.5 Å². The van der Waals surface area contributed by atoms with Crippen molar-refractivity contribution in [2.24, 2.45) is 0 Å². The molecule has 1 aromatic carbocycles. The summed E-state index contributed by atoms with van der Waals surface area (Å²) in [7, 11) is 0. The molecule has 0 aliphatic carbocycles. The lowest BCUT2D eigenvalue weighted by Gasteiger charge is -1.98. The molecule has 0 aliphatic heterocycles. The number of hydrogen-bond donors (Lipinski definition) is 2. The van der Waals surface area contributed by atoms with E-state index >= 15 is 0 Å². The molecule has 2 N–H and O–H groups in total. The highest BCUT2D eigenvalue weighted by Gasteiger charge is 1.95. The molecule has 0 saturated heterocycles. The van der Waals surface area contributed by atoms with Crippen molar-refractivity contribution in [2.75, 3.05) is 0 Å². The highest BCUT2D eigenvalue weighted by molar-refractivity contribution is 5.36. The number of aromatic hydroxyl groups is 2.